The number of carbonyl (C=O) groups excluding carboxylic acids is 3. The molecule has 4 N–H and O–H groups in total. The summed E-state index contributed by atoms with van der Waals surface area (Å²) in [7, 11) is 0. The Hall–Kier alpha value is -3.34. The summed E-state index contributed by atoms with van der Waals surface area (Å²) in [5.41, 5.74) is 2.94. The molecule has 0 spiro atoms. The summed E-state index contributed by atoms with van der Waals surface area (Å²) >= 11 is 0. The molecule has 3 amide bonds. The quantitative estimate of drug-likeness (QED) is 0.274. The Labute approximate surface area is 197 Å². The second-order valence-corrected chi connectivity index (χ2v) is 8.67. The maximum absolute atomic E-state index is 12.9. The van der Waals surface area contributed by atoms with Crippen molar-refractivity contribution in [2.24, 2.45) is 11.8 Å². The summed E-state index contributed by atoms with van der Waals surface area (Å²) in [4.78, 5) is 36.4. The van der Waals surface area contributed by atoms with Gasteiger partial charge in [-0.1, -0.05) is 43.0 Å². The van der Waals surface area contributed by atoms with Gasteiger partial charge >= 0.3 is 0 Å². The standard InChI is InChI=1S/C23H31FN6O4/c24-19-7-5-17(6-8-19)13-25-21(31)9-10-30-15-20(27-29-30)14-26-23(33)18(12-22(32)28-34)11-16-3-1-2-4-16/h5-8,15-16,18,34H,1-4,9-14H2,(H,25,31)(H,26,33)(H,28,32). The van der Waals surface area contributed by atoms with Crippen LogP contribution in [0.3, 0.4) is 0 Å². The Kier molecular flexibility index (Phi) is 9.51. The van der Waals surface area contributed by atoms with Gasteiger partial charge in [-0.25, -0.2) is 9.87 Å². The zero-order chi connectivity index (χ0) is 24.3. The van der Waals surface area contributed by atoms with Gasteiger partial charge in [-0.15, -0.1) is 5.10 Å². The molecule has 1 aromatic heterocycles. The summed E-state index contributed by atoms with van der Waals surface area (Å²) < 4.78 is 14.5. The molecule has 0 saturated heterocycles. The second kappa shape index (κ2) is 12.8. The van der Waals surface area contributed by atoms with Gasteiger partial charge in [-0.2, -0.15) is 0 Å². The van der Waals surface area contributed by atoms with Gasteiger partial charge in [-0.05, 0) is 30.0 Å². The molecule has 0 bridgehead atoms. The minimum atomic E-state index is -0.582. The van der Waals surface area contributed by atoms with Crippen LogP contribution >= 0.6 is 0 Å². The van der Waals surface area contributed by atoms with Crippen LogP contribution in [0.25, 0.3) is 0 Å². The fraction of sp³-hybridized carbons (Fsp3) is 0.522. The number of hydroxylamine groups is 1. The summed E-state index contributed by atoms with van der Waals surface area (Å²) in [5, 5.41) is 22.4. The van der Waals surface area contributed by atoms with Crippen molar-refractivity contribution in [2.75, 3.05) is 0 Å². The lowest BCUT2D eigenvalue weighted by molar-refractivity contribution is -0.135. The average Bonchev–Trinajstić information content (AvgIpc) is 3.52. The molecule has 1 aliphatic rings. The maximum Gasteiger partial charge on any atom is 0.244 e. The fourth-order valence-electron chi connectivity index (χ4n) is 4.16. The van der Waals surface area contributed by atoms with E-state index in [9.17, 15) is 18.8 Å². The number of aryl methyl sites for hydroxylation is 1. The van der Waals surface area contributed by atoms with Crippen LogP contribution in [-0.2, 0) is 34.0 Å². The minimum absolute atomic E-state index is 0.0709. The summed E-state index contributed by atoms with van der Waals surface area (Å²) in [6, 6.07) is 5.91. The van der Waals surface area contributed by atoms with Crippen LogP contribution in [0.1, 0.15) is 56.2 Å². The molecule has 1 aromatic carbocycles. The first-order chi connectivity index (χ1) is 16.4. The Morgan fingerprint density at radius 1 is 1.09 bits per heavy atom. The van der Waals surface area contributed by atoms with E-state index in [0.29, 0.717) is 31.1 Å². The van der Waals surface area contributed by atoms with Crippen molar-refractivity contribution in [1.29, 1.82) is 0 Å². The van der Waals surface area contributed by atoms with E-state index in [1.807, 2.05) is 0 Å². The normalized spacial score (nSPS) is 14.5. The van der Waals surface area contributed by atoms with Crippen LogP contribution in [0.5, 0.6) is 0 Å². The van der Waals surface area contributed by atoms with Crippen molar-refractivity contribution >= 4 is 17.7 Å². The van der Waals surface area contributed by atoms with Gasteiger partial charge in [0.25, 0.3) is 0 Å². The molecule has 1 heterocycles. The van der Waals surface area contributed by atoms with Gasteiger partial charge in [0.05, 0.1) is 19.3 Å². The smallest absolute Gasteiger partial charge is 0.244 e. The summed E-state index contributed by atoms with van der Waals surface area (Å²) in [5.74, 6) is -1.45. The molecule has 0 radical (unpaired) electrons. The number of benzene rings is 1. The van der Waals surface area contributed by atoms with Gasteiger partial charge in [0.2, 0.25) is 17.7 Å². The zero-order valence-corrected chi connectivity index (χ0v) is 19.0. The van der Waals surface area contributed by atoms with E-state index >= 15 is 0 Å². The monoisotopic (exact) mass is 474 g/mol. The number of rotatable bonds is 12. The topological polar surface area (TPSA) is 138 Å². The SMILES string of the molecule is O=C(CC(CC1CCCC1)C(=O)NCc1cn(CCC(=O)NCc2ccc(F)cc2)nn1)NO. The third-order valence-corrected chi connectivity index (χ3v) is 6.02. The molecule has 1 aliphatic carbocycles. The molecular formula is C23H31FN6O4. The minimum Gasteiger partial charge on any atom is -0.352 e. The third-order valence-electron chi connectivity index (χ3n) is 6.02. The van der Waals surface area contributed by atoms with Crippen LogP contribution < -0.4 is 16.1 Å². The Bertz CT molecular complexity index is 959. The van der Waals surface area contributed by atoms with Gasteiger partial charge in [-0.3, -0.25) is 24.3 Å². The Morgan fingerprint density at radius 2 is 1.82 bits per heavy atom. The number of aromatic nitrogens is 3. The Morgan fingerprint density at radius 3 is 2.53 bits per heavy atom. The number of nitrogens with one attached hydrogen (secondary N) is 3. The van der Waals surface area contributed by atoms with E-state index in [1.165, 1.54) is 16.8 Å². The molecule has 1 saturated carbocycles. The zero-order valence-electron chi connectivity index (χ0n) is 19.0. The number of amides is 3. The molecule has 10 nitrogen and oxygen atoms in total. The number of nitrogens with zero attached hydrogens (tertiary/aromatic N) is 3. The second-order valence-electron chi connectivity index (χ2n) is 8.67. The van der Waals surface area contributed by atoms with Crippen molar-refractivity contribution < 1.29 is 24.0 Å². The first-order valence-electron chi connectivity index (χ1n) is 11.5. The molecule has 1 fully saturated rings. The highest BCUT2D eigenvalue weighted by atomic mass is 19.1. The average molecular weight is 475 g/mol. The molecule has 0 aliphatic heterocycles. The van der Waals surface area contributed by atoms with Crippen LogP contribution in [0.15, 0.2) is 30.5 Å². The van der Waals surface area contributed by atoms with Crippen molar-refractivity contribution in [2.45, 2.75) is 64.6 Å². The molecule has 2 aromatic rings. The molecule has 184 valence electrons. The van der Waals surface area contributed by atoms with Crippen molar-refractivity contribution in [3.63, 3.8) is 0 Å². The molecule has 1 atom stereocenters. The molecule has 11 heteroatoms. The van der Waals surface area contributed by atoms with Gasteiger partial charge < -0.3 is 10.6 Å². The van der Waals surface area contributed by atoms with Crippen molar-refractivity contribution in [3.05, 3.63) is 47.5 Å². The van der Waals surface area contributed by atoms with E-state index in [2.05, 4.69) is 20.9 Å². The fourth-order valence-corrected chi connectivity index (χ4v) is 4.16. The summed E-state index contributed by atoms with van der Waals surface area (Å²) in [6.45, 7) is 0.777. The van der Waals surface area contributed by atoms with E-state index in [-0.39, 0.29) is 37.0 Å². The third kappa shape index (κ3) is 8.22. The molecule has 1 unspecified atom stereocenters. The number of halogens is 1. The highest BCUT2D eigenvalue weighted by Gasteiger charge is 2.27. The van der Waals surface area contributed by atoms with Crippen molar-refractivity contribution in [3.8, 4) is 0 Å². The largest absolute Gasteiger partial charge is 0.352 e. The van der Waals surface area contributed by atoms with Gasteiger partial charge in [0, 0.05) is 25.3 Å². The Balaban J connectivity index is 1.41. The summed E-state index contributed by atoms with van der Waals surface area (Å²) in [6.07, 6.45) is 6.76. The molecule has 34 heavy (non-hydrogen) atoms. The van der Waals surface area contributed by atoms with Crippen LogP contribution in [-0.4, -0.2) is 37.9 Å². The van der Waals surface area contributed by atoms with E-state index in [1.54, 1.807) is 23.8 Å². The number of hydrogen-bond donors (Lipinski definition) is 4. The number of carbonyl (C=O) groups is 3. The predicted octanol–water partition coefficient (Wildman–Crippen LogP) is 1.83. The van der Waals surface area contributed by atoms with Crippen LogP contribution in [0.4, 0.5) is 4.39 Å². The van der Waals surface area contributed by atoms with E-state index in [0.717, 1.165) is 31.2 Å². The van der Waals surface area contributed by atoms with Crippen LogP contribution in [0.2, 0.25) is 0 Å². The first kappa shape index (κ1) is 25.3. The highest BCUT2D eigenvalue weighted by molar-refractivity contribution is 5.85. The van der Waals surface area contributed by atoms with Crippen LogP contribution in [0, 0.1) is 17.7 Å². The highest BCUT2D eigenvalue weighted by Crippen LogP contribution is 2.31. The van der Waals surface area contributed by atoms with Gasteiger partial charge in [0.1, 0.15) is 11.5 Å². The maximum atomic E-state index is 12.9. The molecular weight excluding hydrogens is 443 g/mol. The number of hydrogen-bond acceptors (Lipinski definition) is 6. The van der Waals surface area contributed by atoms with Gasteiger partial charge in [0.15, 0.2) is 0 Å². The lowest BCUT2D eigenvalue weighted by atomic mass is 9.90. The van der Waals surface area contributed by atoms with Crippen molar-refractivity contribution in [1.82, 2.24) is 31.1 Å². The first-order valence-corrected chi connectivity index (χ1v) is 11.5. The lowest BCUT2D eigenvalue weighted by Crippen LogP contribution is -2.35. The predicted molar refractivity (Wildman–Crippen MR) is 119 cm³/mol. The van der Waals surface area contributed by atoms with E-state index < -0.39 is 11.8 Å². The lowest BCUT2D eigenvalue weighted by Gasteiger charge is -2.19. The molecule has 3 rings (SSSR count). The van der Waals surface area contributed by atoms with E-state index in [4.69, 9.17) is 5.21 Å².